The fourth-order valence-corrected chi connectivity index (χ4v) is 1.55. The Hall–Kier alpha value is -2.42. The Kier molecular flexibility index (Phi) is 3.53. The fourth-order valence-electron chi connectivity index (χ4n) is 1.55. The standard InChI is InChI=1S/C15H13NO2/c1-11-7-9-12(10-8-11)14(17)15(18)16-13-5-3-2-4-6-13/h2-10H,1H3,(H,16,18). The van der Waals surface area contributed by atoms with E-state index in [0.29, 0.717) is 11.3 Å². The average molecular weight is 239 g/mol. The van der Waals surface area contributed by atoms with Crippen LogP contribution in [0, 0.1) is 6.92 Å². The third-order valence-electron chi connectivity index (χ3n) is 2.55. The molecule has 0 aliphatic heterocycles. The number of carbonyl (C=O) groups is 2. The summed E-state index contributed by atoms with van der Waals surface area (Å²) < 4.78 is 0. The van der Waals surface area contributed by atoms with Crippen molar-refractivity contribution in [3.63, 3.8) is 0 Å². The lowest BCUT2D eigenvalue weighted by molar-refractivity contribution is -0.112. The van der Waals surface area contributed by atoms with E-state index in [0.717, 1.165) is 5.56 Å². The molecule has 2 rings (SSSR count). The van der Waals surface area contributed by atoms with Gasteiger partial charge >= 0.3 is 0 Å². The normalized spacial score (nSPS) is 9.83. The van der Waals surface area contributed by atoms with Gasteiger partial charge in [-0.05, 0) is 19.1 Å². The Morgan fingerprint density at radius 2 is 1.50 bits per heavy atom. The van der Waals surface area contributed by atoms with Crippen molar-refractivity contribution in [1.82, 2.24) is 0 Å². The molecule has 0 fully saturated rings. The first-order valence-corrected chi connectivity index (χ1v) is 5.64. The molecule has 0 aliphatic carbocycles. The van der Waals surface area contributed by atoms with Gasteiger partial charge in [-0.3, -0.25) is 9.59 Å². The molecule has 2 aromatic carbocycles. The molecule has 0 unspecified atom stereocenters. The molecule has 3 nitrogen and oxygen atoms in total. The lowest BCUT2D eigenvalue weighted by atomic mass is 10.1. The summed E-state index contributed by atoms with van der Waals surface area (Å²) >= 11 is 0. The van der Waals surface area contributed by atoms with E-state index in [1.807, 2.05) is 25.1 Å². The highest BCUT2D eigenvalue weighted by Crippen LogP contribution is 2.08. The van der Waals surface area contributed by atoms with E-state index < -0.39 is 11.7 Å². The van der Waals surface area contributed by atoms with Crippen molar-refractivity contribution in [3.8, 4) is 0 Å². The second kappa shape index (κ2) is 5.27. The Balaban J connectivity index is 2.10. The molecule has 1 N–H and O–H groups in total. The maximum Gasteiger partial charge on any atom is 0.296 e. The SMILES string of the molecule is Cc1ccc(C(=O)C(=O)Nc2ccccc2)cc1. The maximum absolute atomic E-state index is 11.8. The van der Waals surface area contributed by atoms with Crippen LogP contribution in [0.2, 0.25) is 0 Å². The van der Waals surface area contributed by atoms with Crippen LogP contribution in [-0.2, 0) is 4.79 Å². The number of anilines is 1. The molecule has 0 heterocycles. The number of Topliss-reactive ketones (excluding diaryl/α,β-unsaturated/α-hetero) is 1. The Labute approximate surface area is 105 Å². The zero-order chi connectivity index (χ0) is 13.0. The Morgan fingerprint density at radius 1 is 0.889 bits per heavy atom. The molecular weight excluding hydrogens is 226 g/mol. The zero-order valence-corrected chi connectivity index (χ0v) is 10.0. The van der Waals surface area contributed by atoms with Crippen LogP contribution < -0.4 is 5.32 Å². The minimum atomic E-state index is -0.620. The molecule has 0 radical (unpaired) electrons. The number of hydrogen-bond acceptors (Lipinski definition) is 2. The van der Waals surface area contributed by atoms with Crippen molar-refractivity contribution in [1.29, 1.82) is 0 Å². The van der Waals surface area contributed by atoms with Gasteiger partial charge in [-0.15, -0.1) is 0 Å². The summed E-state index contributed by atoms with van der Waals surface area (Å²) in [6.07, 6.45) is 0. The van der Waals surface area contributed by atoms with E-state index in [4.69, 9.17) is 0 Å². The number of carbonyl (C=O) groups excluding carboxylic acids is 2. The molecule has 3 heteroatoms. The van der Waals surface area contributed by atoms with E-state index >= 15 is 0 Å². The molecule has 0 saturated carbocycles. The summed E-state index contributed by atoms with van der Waals surface area (Å²) in [7, 11) is 0. The van der Waals surface area contributed by atoms with E-state index in [-0.39, 0.29) is 0 Å². The van der Waals surface area contributed by atoms with Gasteiger partial charge in [-0.1, -0.05) is 48.0 Å². The van der Waals surface area contributed by atoms with Crippen LogP contribution in [0.3, 0.4) is 0 Å². The van der Waals surface area contributed by atoms with Crippen LogP contribution in [0.1, 0.15) is 15.9 Å². The summed E-state index contributed by atoms with van der Waals surface area (Å²) in [5.74, 6) is -1.15. The summed E-state index contributed by atoms with van der Waals surface area (Å²) in [5.41, 5.74) is 2.06. The van der Waals surface area contributed by atoms with Crippen molar-refractivity contribution in [2.75, 3.05) is 5.32 Å². The Morgan fingerprint density at radius 3 is 2.11 bits per heavy atom. The van der Waals surface area contributed by atoms with E-state index in [1.165, 1.54) is 0 Å². The van der Waals surface area contributed by atoms with Crippen molar-refractivity contribution in [2.24, 2.45) is 0 Å². The molecule has 2 aromatic rings. The summed E-state index contributed by atoms with van der Waals surface area (Å²) in [6, 6.07) is 15.8. The minimum absolute atomic E-state index is 0.397. The first-order chi connectivity index (χ1) is 8.66. The van der Waals surface area contributed by atoms with Crippen LogP contribution in [0.25, 0.3) is 0 Å². The third-order valence-corrected chi connectivity index (χ3v) is 2.55. The van der Waals surface area contributed by atoms with Crippen molar-refractivity contribution < 1.29 is 9.59 Å². The summed E-state index contributed by atoms with van der Waals surface area (Å²) in [4.78, 5) is 23.6. The molecule has 0 aliphatic rings. The van der Waals surface area contributed by atoms with Crippen molar-refractivity contribution in [3.05, 3.63) is 65.7 Å². The van der Waals surface area contributed by atoms with Crippen molar-refractivity contribution >= 4 is 17.4 Å². The number of hydrogen-bond donors (Lipinski definition) is 1. The number of nitrogens with one attached hydrogen (secondary N) is 1. The van der Waals surface area contributed by atoms with Gasteiger partial charge < -0.3 is 5.32 Å². The number of aryl methyl sites for hydroxylation is 1. The van der Waals surface area contributed by atoms with Gasteiger partial charge in [0.2, 0.25) is 0 Å². The molecule has 90 valence electrons. The second-order valence-corrected chi connectivity index (χ2v) is 4.02. The predicted octanol–water partition coefficient (Wildman–Crippen LogP) is 2.82. The smallest absolute Gasteiger partial charge is 0.296 e. The van der Waals surface area contributed by atoms with Gasteiger partial charge in [0.15, 0.2) is 0 Å². The highest BCUT2D eigenvalue weighted by atomic mass is 16.2. The second-order valence-electron chi connectivity index (χ2n) is 4.02. The van der Waals surface area contributed by atoms with Crippen LogP contribution >= 0.6 is 0 Å². The van der Waals surface area contributed by atoms with Crippen LogP contribution in [0.5, 0.6) is 0 Å². The minimum Gasteiger partial charge on any atom is -0.319 e. The fraction of sp³-hybridized carbons (Fsp3) is 0.0667. The first-order valence-electron chi connectivity index (χ1n) is 5.64. The molecule has 0 saturated heterocycles. The predicted molar refractivity (Wildman–Crippen MR) is 70.6 cm³/mol. The van der Waals surface area contributed by atoms with E-state index in [9.17, 15) is 9.59 Å². The number of amides is 1. The van der Waals surface area contributed by atoms with Gasteiger partial charge in [0.1, 0.15) is 0 Å². The third kappa shape index (κ3) is 2.83. The monoisotopic (exact) mass is 239 g/mol. The lowest BCUT2D eigenvalue weighted by Gasteiger charge is -2.04. The number of ketones is 1. The molecule has 0 bridgehead atoms. The highest BCUT2D eigenvalue weighted by molar-refractivity contribution is 6.46. The van der Waals surface area contributed by atoms with Gasteiger partial charge in [0, 0.05) is 11.3 Å². The van der Waals surface area contributed by atoms with Gasteiger partial charge in [-0.25, -0.2) is 0 Å². The highest BCUT2D eigenvalue weighted by Gasteiger charge is 2.15. The Bertz CT molecular complexity index is 559. The molecule has 18 heavy (non-hydrogen) atoms. The molecule has 0 spiro atoms. The summed E-state index contributed by atoms with van der Waals surface area (Å²) in [5, 5.41) is 2.57. The van der Waals surface area contributed by atoms with E-state index in [1.54, 1.807) is 36.4 Å². The molecule has 0 atom stereocenters. The molecule has 0 aromatic heterocycles. The van der Waals surface area contributed by atoms with Gasteiger partial charge in [0.05, 0.1) is 0 Å². The zero-order valence-electron chi connectivity index (χ0n) is 10.0. The van der Waals surface area contributed by atoms with Crippen molar-refractivity contribution in [2.45, 2.75) is 6.92 Å². The van der Waals surface area contributed by atoms with Crippen LogP contribution in [-0.4, -0.2) is 11.7 Å². The average Bonchev–Trinajstić information content (AvgIpc) is 2.40. The van der Waals surface area contributed by atoms with Gasteiger partial charge in [0.25, 0.3) is 11.7 Å². The number of rotatable bonds is 3. The van der Waals surface area contributed by atoms with E-state index in [2.05, 4.69) is 5.32 Å². The maximum atomic E-state index is 11.8. The lowest BCUT2D eigenvalue weighted by Crippen LogP contribution is -2.22. The summed E-state index contributed by atoms with van der Waals surface area (Å²) in [6.45, 7) is 1.93. The molecular formula is C15H13NO2. The quantitative estimate of drug-likeness (QED) is 0.661. The van der Waals surface area contributed by atoms with Gasteiger partial charge in [-0.2, -0.15) is 0 Å². The molecule has 1 amide bonds. The number of para-hydroxylation sites is 1. The number of benzene rings is 2. The van der Waals surface area contributed by atoms with Crippen LogP contribution in [0.15, 0.2) is 54.6 Å². The largest absolute Gasteiger partial charge is 0.319 e. The van der Waals surface area contributed by atoms with Crippen LogP contribution in [0.4, 0.5) is 5.69 Å². The topological polar surface area (TPSA) is 46.2 Å². The first kappa shape index (κ1) is 12.0.